The maximum Gasteiger partial charge on any atom is 0.235 e. The number of aromatic nitrogens is 2. The van der Waals surface area contributed by atoms with Gasteiger partial charge in [0.1, 0.15) is 13.2 Å². The summed E-state index contributed by atoms with van der Waals surface area (Å²) in [5, 5.41) is 6.38. The van der Waals surface area contributed by atoms with E-state index in [4.69, 9.17) is 31.2 Å². The third-order valence-corrected chi connectivity index (χ3v) is 3.63. The summed E-state index contributed by atoms with van der Waals surface area (Å²) in [6, 6.07) is 7.35. The molecule has 0 aliphatic carbocycles. The van der Waals surface area contributed by atoms with Gasteiger partial charge in [-0.1, -0.05) is 6.07 Å². The third kappa shape index (κ3) is 4.38. The zero-order chi connectivity index (χ0) is 17.6. The van der Waals surface area contributed by atoms with E-state index in [-0.39, 0.29) is 5.95 Å². The van der Waals surface area contributed by atoms with Gasteiger partial charge in [-0.05, 0) is 29.9 Å². The number of benzene rings is 1. The summed E-state index contributed by atoms with van der Waals surface area (Å²) in [5.74, 6) is 2.54. The Kier molecular flexibility index (Phi) is 5.34. The SMILES string of the molecule is COc1cc(OC)nc(NC(=S)NCc2ccc3c(c2)OCCO3)n1. The van der Waals surface area contributed by atoms with Crippen LogP contribution in [0.4, 0.5) is 5.95 Å². The van der Waals surface area contributed by atoms with E-state index in [2.05, 4.69) is 20.6 Å². The summed E-state index contributed by atoms with van der Waals surface area (Å²) >= 11 is 5.28. The lowest BCUT2D eigenvalue weighted by molar-refractivity contribution is 0.171. The van der Waals surface area contributed by atoms with Gasteiger partial charge in [0, 0.05) is 6.54 Å². The van der Waals surface area contributed by atoms with Crippen LogP contribution in [0.3, 0.4) is 0 Å². The van der Waals surface area contributed by atoms with E-state index in [1.54, 1.807) is 6.07 Å². The van der Waals surface area contributed by atoms with E-state index in [1.807, 2.05) is 18.2 Å². The zero-order valence-corrected chi connectivity index (χ0v) is 14.7. The minimum atomic E-state index is 0.288. The highest BCUT2D eigenvalue weighted by atomic mass is 32.1. The van der Waals surface area contributed by atoms with Gasteiger partial charge in [0.15, 0.2) is 16.6 Å². The van der Waals surface area contributed by atoms with Crippen LogP contribution in [0.5, 0.6) is 23.3 Å². The Bertz CT molecular complexity index is 750. The van der Waals surface area contributed by atoms with Crippen LogP contribution in [-0.2, 0) is 6.54 Å². The highest BCUT2D eigenvalue weighted by molar-refractivity contribution is 7.80. The highest BCUT2D eigenvalue weighted by Crippen LogP contribution is 2.30. The largest absolute Gasteiger partial charge is 0.486 e. The Morgan fingerprint density at radius 3 is 2.44 bits per heavy atom. The first-order valence-electron chi connectivity index (χ1n) is 7.58. The van der Waals surface area contributed by atoms with Crippen molar-refractivity contribution in [1.82, 2.24) is 15.3 Å². The van der Waals surface area contributed by atoms with Gasteiger partial charge < -0.3 is 29.6 Å². The van der Waals surface area contributed by atoms with E-state index >= 15 is 0 Å². The molecular weight excluding hydrogens is 344 g/mol. The topological polar surface area (TPSA) is 86.8 Å². The summed E-state index contributed by atoms with van der Waals surface area (Å²) in [7, 11) is 3.04. The summed E-state index contributed by atoms with van der Waals surface area (Å²) in [6.07, 6.45) is 0. The Balaban J connectivity index is 1.59. The van der Waals surface area contributed by atoms with Crippen molar-refractivity contribution in [3.63, 3.8) is 0 Å². The average molecular weight is 362 g/mol. The number of hydrogen-bond donors (Lipinski definition) is 2. The monoisotopic (exact) mass is 362 g/mol. The van der Waals surface area contributed by atoms with Crippen LogP contribution in [0.25, 0.3) is 0 Å². The standard InChI is InChI=1S/C16H18N4O4S/c1-21-13-8-14(22-2)19-15(18-13)20-16(25)17-9-10-3-4-11-12(7-10)24-6-5-23-11/h3-4,7-8H,5-6,9H2,1-2H3,(H2,17,18,19,20,25). The molecule has 0 amide bonds. The van der Waals surface area contributed by atoms with E-state index in [9.17, 15) is 0 Å². The molecule has 9 heteroatoms. The van der Waals surface area contributed by atoms with Crippen molar-refractivity contribution in [3.8, 4) is 23.3 Å². The Hall–Kier alpha value is -2.81. The fraction of sp³-hybridized carbons (Fsp3) is 0.312. The van der Waals surface area contributed by atoms with Crippen LogP contribution in [0.1, 0.15) is 5.56 Å². The molecule has 1 aliphatic heterocycles. The van der Waals surface area contributed by atoms with Crippen molar-refractivity contribution in [2.24, 2.45) is 0 Å². The van der Waals surface area contributed by atoms with Gasteiger partial charge in [0.05, 0.1) is 20.3 Å². The maximum absolute atomic E-state index is 5.57. The lowest BCUT2D eigenvalue weighted by atomic mass is 10.2. The number of methoxy groups -OCH3 is 2. The molecule has 3 rings (SSSR count). The molecule has 2 heterocycles. The molecule has 0 unspecified atom stereocenters. The molecule has 0 bridgehead atoms. The molecule has 0 spiro atoms. The zero-order valence-electron chi connectivity index (χ0n) is 13.9. The Morgan fingerprint density at radius 1 is 1.08 bits per heavy atom. The molecule has 0 radical (unpaired) electrons. The number of nitrogens with one attached hydrogen (secondary N) is 2. The van der Waals surface area contributed by atoms with Gasteiger partial charge in [-0.15, -0.1) is 0 Å². The van der Waals surface area contributed by atoms with Gasteiger partial charge in [-0.3, -0.25) is 0 Å². The fourth-order valence-corrected chi connectivity index (χ4v) is 2.36. The first-order valence-corrected chi connectivity index (χ1v) is 7.99. The first kappa shape index (κ1) is 17.0. The molecule has 0 saturated heterocycles. The van der Waals surface area contributed by atoms with Crippen LogP contribution in [0.15, 0.2) is 24.3 Å². The summed E-state index contributed by atoms with van der Waals surface area (Å²) in [5.41, 5.74) is 1.01. The highest BCUT2D eigenvalue weighted by Gasteiger charge is 2.12. The van der Waals surface area contributed by atoms with Crippen molar-refractivity contribution in [2.45, 2.75) is 6.54 Å². The number of nitrogens with zero attached hydrogens (tertiary/aromatic N) is 2. The van der Waals surface area contributed by atoms with Gasteiger partial charge in [-0.2, -0.15) is 9.97 Å². The van der Waals surface area contributed by atoms with Crippen LogP contribution in [0, 0.1) is 0 Å². The number of anilines is 1. The van der Waals surface area contributed by atoms with Crippen molar-refractivity contribution in [1.29, 1.82) is 0 Å². The molecule has 25 heavy (non-hydrogen) atoms. The van der Waals surface area contributed by atoms with E-state index < -0.39 is 0 Å². The molecule has 1 aliphatic rings. The summed E-state index contributed by atoms with van der Waals surface area (Å²) < 4.78 is 21.3. The number of ether oxygens (including phenoxy) is 4. The molecule has 2 N–H and O–H groups in total. The van der Waals surface area contributed by atoms with Crippen molar-refractivity contribution < 1.29 is 18.9 Å². The second-order valence-electron chi connectivity index (χ2n) is 5.06. The first-order chi connectivity index (χ1) is 12.2. The predicted octanol–water partition coefficient (Wildman–Crippen LogP) is 1.75. The fourth-order valence-electron chi connectivity index (χ4n) is 2.19. The van der Waals surface area contributed by atoms with Crippen LogP contribution < -0.4 is 29.6 Å². The molecule has 132 valence electrons. The Morgan fingerprint density at radius 2 is 1.76 bits per heavy atom. The van der Waals surface area contributed by atoms with Crippen LogP contribution >= 0.6 is 12.2 Å². The summed E-state index contributed by atoms with van der Waals surface area (Å²) in [6.45, 7) is 1.64. The number of rotatable bonds is 5. The molecule has 0 saturated carbocycles. The molecular formula is C16H18N4O4S. The van der Waals surface area contributed by atoms with Crippen molar-refractivity contribution >= 4 is 23.3 Å². The molecule has 1 aromatic carbocycles. The van der Waals surface area contributed by atoms with E-state index in [1.165, 1.54) is 14.2 Å². The van der Waals surface area contributed by atoms with E-state index in [0.29, 0.717) is 36.6 Å². The lowest BCUT2D eigenvalue weighted by Gasteiger charge is -2.19. The van der Waals surface area contributed by atoms with Crippen molar-refractivity contribution in [2.75, 3.05) is 32.8 Å². The normalized spacial score (nSPS) is 12.2. The second kappa shape index (κ2) is 7.84. The second-order valence-corrected chi connectivity index (χ2v) is 5.47. The molecule has 0 atom stereocenters. The minimum absolute atomic E-state index is 0.288. The molecule has 8 nitrogen and oxygen atoms in total. The molecule has 1 aromatic heterocycles. The number of thiocarbonyl (C=S) groups is 1. The smallest absolute Gasteiger partial charge is 0.235 e. The van der Waals surface area contributed by atoms with Crippen molar-refractivity contribution in [3.05, 3.63) is 29.8 Å². The van der Waals surface area contributed by atoms with Crippen LogP contribution in [0.2, 0.25) is 0 Å². The third-order valence-electron chi connectivity index (χ3n) is 3.38. The summed E-state index contributed by atoms with van der Waals surface area (Å²) in [4.78, 5) is 8.33. The average Bonchev–Trinajstić information content (AvgIpc) is 2.65. The van der Waals surface area contributed by atoms with Gasteiger partial charge >= 0.3 is 0 Å². The maximum atomic E-state index is 5.57. The van der Waals surface area contributed by atoms with E-state index in [0.717, 1.165) is 17.1 Å². The molecule has 2 aromatic rings. The van der Waals surface area contributed by atoms with Crippen LogP contribution in [-0.4, -0.2) is 42.5 Å². The Labute approximate surface area is 150 Å². The van der Waals surface area contributed by atoms with Gasteiger partial charge in [0.2, 0.25) is 17.7 Å². The number of fused-ring (bicyclic) bond motifs is 1. The quantitative estimate of drug-likeness (QED) is 0.773. The minimum Gasteiger partial charge on any atom is -0.486 e. The lowest BCUT2D eigenvalue weighted by Crippen LogP contribution is -2.28. The molecule has 0 fully saturated rings. The predicted molar refractivity (Wildman–Crippen MR) is 95.6 cm³/mol. The van der Waals surface area contributed by atoms with Gasteiger partial charge in [0.25, 0.3) is 0 Å². The van der Waals surface area contributed by atoms with Gasteiger partial charge in [-0.25, -0.2) is 0 Å². The number of hydrogen-bond acceptors (Lipinski definition) is 7.